The van der Waals surface area contributed by atoms with Gasteiger partial charge in [-0.15, -0.1) is 0 Å². The lowest BCUT2D eigenvalue weighted by molar-refractivity contribution is -0.118. The zero-order valence-electron chi connectivity index (χ0n) is 13.2. The minimum atomic E-state index is -2.62. The van der Waals surface area contributed by atoms with Gasteiger partial charge in [0, 0.05) is 36.6 Å². The van der Waals surface area contributed by atoms with E-state index in [4.69, 9.17) is 0 Å². The maximum absolute atomic E-state index is 13.1. The number of carbonyl (C=O) groups is 2. The molecule has 0 spiro atoms. The van der Waals surface area contributed by atoms with Gasteiger partial charge in [0.25, 0.3) is 5.91 Å². The number of rotatable bonds is 4. The average Bonchev–Trinajstić information content (AvgIpc) is 2.49. The Morgan fingerprint density at radius 1 is 1.30 bits per heavy atom. The molecule has 126 valence electrons. The summed E-state index contributed by atoms with van der Waals surface area (Å²) in [6.45, 7) is 3.51. The van der Waals surface area contributed by atoms with Crippen molar-refractivity contribution in [2.24, 2.45) is 5.92 Å². The molecule has 0 aromatic carbocycles. The zero-order chi connectivity index (χ0) is 17.0. The Kier molecular flexibility index (Phi) is 5.28. The van der Waals surface area contributed by atoms with Crippen molar-refractivity contribution in [2.45, 2.75) is 51.5 Å². The molecule has 1 aromatic rings. The predicted molar refractivity (Wildman–Crippen MR) is 82.4 cm³/mol. The summed E-state index contributed by atoms with van der Waals surface area (Å²) in [5.74, 6) is -3.05. The minimum Gasteiger partial charge on any atom is -0.349 e. The van der Waals surface area contributed by atoms with Crippen LogP contribution in [0, 0.1) is 5.92 Å². The monoisotopic (exact) mass is 325 g/mol. The van der Waals surface area contributed by atoms with E-state index in [1.54, 1.807) is 13.8 Å². The first kappa shape index (κ1) is 17.3. The SMILES string of the molecule is CC(C)C(=O)Nc1cc(C(=O)NC2CCC(F)(F)CC2)ccn1. The number of carbonyl (C=O) groups excluding carboxylic acids is 2. The van der Waals surface area contributed by atoms with Crippen molar-refractivity contribution in [2.75, 3.05) is 5.32 Å². The van der Waals surface area contributed by atoms with Gasteiger partial charge in [-0.25, -0.2) is 13.8 Å². The van der Waals surface area contributed by atoms with E-state index >= 15 is 0 Å². The van der Waals surface area contributed by atoms with E-state index in [2.05, 4.69) is 15.6 Å². The highest BCUT2D eigenvalue weighted by Crippen LogP contribution is 2.33. The molecule has 2 N–H and O–H groups in total. The van der Waals surface area contributed by atoms with Crippen molar-refractivity contribution in [3.05, 3.63) is 23.9 Å². The number of hydrogen-bond acceptors (Lipinski definition) is 3. The van der Waals surface area contributed by atoms with Gasteiger partial charge in [0.15, 0.2) is 0 Å². The fraction of sp³-hybridized carbons (Fsp3) is 0.562. The molecule has 0 atom stereocenters. The summed E-state index contributed by atoms with van der Waals surface area (Å²) in [7, 11) is 0. The summed E-state index contributed by atoms with van der Waals surface area (Å²) in [4.78, 5) is 27.9. The van der Waals surface area contributed by atoms with E-state index in [-0.39, 0.29) is 49.5 Å². The molecule has 5 nitrogen and oxygen atoms in total. The maximum atomic E-state index is 13.1. The number of anilines is 1. The van der Waals surface area contributed by atoms with Gasteiger partial charge in [0.2, 0.25) is 11.8 Å². The fourth-order valence-corrected chi connectivity index (χ4v) is 2.36. The number of hydrogen-bond donors (Lipinski definition) is 2. The first-order valence-electron chi connectivity index (χ1n) is 7.72. The molecule has 1 saturated carbocycles. The molecule has 0 aliphatic heterocycles. The highest BCUT2D eigenvalue weighted by atomic mass is 19.3. The van der Waals surface area contributed by atoms with Gasteiger partial charge in [-0.2, -0.15) is 0 Å². The molecule has 1 heterocycles. The zero-order valence-corrected chi connectivity index (χ0v) is 13.2. The summed E-state index contributed by atoms with van der Waals surface area (Å²) < 4.78 is 26.2. The van der Waals surface area contributed by atoms with Crippen molar-refractivity contribution in [3.8, 4) is 0 Å². The van der Waals surface area contributed by atoms with Crippen molar-refractivity contribution < 1.29 is 18.4 Å². The molecule has 23 heavy (non-hydrogen) atoms. The fourth-order valence-electron chi connectivity index (χ4n) is 2.36. The standard InChI is InChI=1S/C16H21F2N3O2/c1-10(2)14(22)21-13-9-11(5-8-19-13)15(23)20-12-3-6-16(17,18)7-4-12/h5,8-10,12H,3-4,6-7H2,1-2H3,(H,20,23)(H,19,21,22). The molecule has 1 aliphatic rings. The van der Waals surface area contributed by atoms with Gasteiger partial charge in [0.05, 0.1) is 0 Å². The minimum absolute atomic E-state index is 0.190. The summed E-state index contributed by atoms with van der Waals surface area (Å²) in [5.41, 5.74) is 0.344. The molecule has 0 unspecified atom stereocenters. The third-order valence-corrected chi connectivity index (χ3v) is 3.85. The maximum Gasteiger partial charge on any atom is 0.251 e. The Morgan fingerprint density at radius 2 is 1.96 bits per heavy atom. The predicted octanol–water partition coefficient (Wildman–Crippen LogP) is 2.98. The van der Waals surface area contributed by atoms with Gasteiger partial charge in [0.1, 0.15) is 5.82 Å². The van der Waals surface area contributed by atoms with Crippen LogP contribution in [-0.4, -0.2) is 28.8 Å². The third kappa shape index (κ3) is 4.97. The van der Waals surface area contributed by atoms with Gasteiger partial charge >= 0.3 is 0 Å². The van der Waals surface area contributed by atoms with Crippen LogP contribution in [0.4, 0.5) is 14.6 Å². The first-order valence-corrected chi connectivity index (χ1v) is 7.72. The number of nitrogens with one attached hydrogen (secondary N) is 2. The number of nitrogens with zero attached hydrogens (tertiary/aromatic N) is 1. The third-order valence-electron chi connectivity index (χ3n) is 3.85. The van der Waals surface area contributed by atoms with Gasteiger partial charge in [-0.3, -0.25) is 9.59 Å². The normalized spacial score (nSPS) is 17.8. The summed E-state index contributed by atoms with van der Waals surface area (Å²) in [6, 6.07) is 2.76. The lowest BCUT2D eigenvalue weighted by Crippen LogP contribution is -2.40. The molecule has 1 aromatic heterocycles. The molecule has 0 radical (unpaired) electrons. The molecular formula is C16H21F2N3O2. The van der Waals surface area contributed by atoms with Crippen LogP contribution >= 0.6 is 0 Å². The molecule has 0 bridgehead atoms. The topological polar surface area (TPSA) is 71.1 Å². The van der Waals surface area contributed by atoms with Crippen LogP contribution in [0.2, 0.25) is 0 Å². The van der Waals surface area contributed by atoms with Crippen molar-refractivity contribution >= 4 is 17.6 Å². The van der Waals surface area contributed by atoms with Crippen molar-refractivity contribution in [1.82, 2.24) is 10.3 Å². The average molecular weight is 325 g/mol. The Morgan fingerprint density at radius 3 is 2.57 bits per heavy atom. The van der Waals surface area contributed by atoms with Crippen LogP contribution in [-0.2, 0) is 4.79 Å². The number of aromatic nitrogens is 1. The second-order valence-electron chi connectivity index (χ2n) is 6.18. The number of pyridine rings is 1. The van der Waals surface area contributed by atoms with Crippen LogP contribution in [0.3, 0.4) is 0 Å². The Hall–Kier alpha value is -2.05. The van der Waals surface area contributed by atoms with E-state index in [9.17, 15) is 18.4 Å². The smallest absolute Gasteiger partial charge is 0.251 e. The number of halogens is 2. The summed E-state index contributed by atoms with van der Waals surface area (Å²) in [5, 5.41) is 5.39. The Balaban J connectivity index is 1.96. The second-order valence-corrected chi connectivity index (χ2v) is 6.18. The molecule has 7 heteroatoms. The largest absolute Gasteiger partial charge is 0.349 e. The van der Waals surface area contributed by atoms with Crippen LogP contribution in [0.25, 0.3) is 0 Å². The summed E-state index contributed by atoms with van der Waals surface area (Å²) >= 11 is 0. The highest BCUT2D eigenvalue weighted by Gasteiger charge is 2.35. The lowest BCUT2D eigenvalue weighted by atomic mass is 9.92. The molecule has 2 rings (SSSR count). The van der Waals surface area contributed by atoms with E-state index in [0.29, 0.717) is 11.4 Å². The van der Waals surface area contributed by atoms with Crippen molar-refractivity contribution in [1.29, 1.82) is 0 Å². The van der Waals surface area contributed by atoms with Gasteiger partial charge in [-0.1, -0.05) is 13.8 Å². The van der Waals surface area contributed by atoms with Crippen molar-refractivity contribution in [3.63, 3.8) is 0 Å². The van der Waals surface area contributed by atoms with E-state index in [1.807, 2.05) is 0 Å². The number of amides is 2. The van der Waals surface area contributed by atoms with E-state index in [1.165, 1.54) is 18.3 Å². The Labute approximate surface area is 133 Å². The van der Waals surface area contributed by atoms with Crippen LogP contribution in [0.15, 0.2) is 18.3 Å². The van der Waals surface area contributed by atoms with Gasteiger partial charge < -0.3 is 10.6 Å². The highest BCUT2D eigenvalue weighted by molar-refractivity contribution is 5.96. The molecular weight excluding hydrogens is 304 g/mol. The van der Waals surface area contributed by atoms with E-state index < -0.39 is 5.92 Å². The van der Waals surface area contributed by atoms with Gasteiger partial charge in [-0.05, 0) is 25.0 Å². The molecule has 1 aliphatic carbocycles. The second kappa shape index (κ2) is 7.02. The number of alkyl halides is 2. The summed E-state index contributed by atoms with van der Waals surface area (Å²) in [6.07, 6.45) is 1.55. The molecule has 2 amide bonds. The first-order chi connectivity index (χ1) is 10.8. The van der Waals surface area contributed by atoms with Crippen LogP contribution in [0.1, 0.15) is 49.9 Å². The Bertz CT molecular complexity index is 580. The molecule has 0 saturated heterocycles. The lowest BCUT2D eigenvalue weighted by Gasteiger charge is -2.28. The van der Waals surface area contributed by atoms with Crippen LogP contribution < -0.4 is 10.6 Å². The van der Waals surface area contributed by atoms with E-state index in [0.717, 1.165) is 0 Å². The quantitative estimate of drug-likeness (QED) is 0.894. The molecule has 1 fully saturated rings. The van der Waals surface area contributed by atoms with Crippen LogP contribution in [0.5, 0.6) is 0 Å².